The van der Waals surface area contributed by atoms with Crippen molar-refractivity contribution in [2.45, 2.75) is 26.3 Å². The second kappa shape index (κ2) is 10.8. The highest BCUT2D eigenvalue weighted by Gasteiger charge is 2.22. The van der Waals surface area contributed by atoms with Crippen molar-refractivity contribution in [2.24, 2.45) is 4.99 Å². The van der Waals surface area contributed by atoms with Crippen molar-refractivity contribution in [1.29, 1.82) is 0 Å². The summed E-state index contributed by atoms with van der Waals surface area (Å²) in [5.74, 6) is -1.51. The van der Waals surface area contributed by atoms with Gasteiger partial charge in [-0.25, -0.2) is 9.59 Å². The number of thiazole rings is 1. The van der Waals surface area contributed by atoms with Gasteiger partial charge < -0.3 is 20.3 Å². The van der Waals surface area contributed by atoms with Gasteiger partial charge in [0.25, 0.3) is 5.91 Å². The number of anilines is 2. The molecule has 8 nitrogen and oxygen atoms in total. The third kappa shape index (κ3) is 5.64. The maximum absolute atomic E-state index is 12.8. The number of urea groups is 1. The lowest BCUT2D eigenvalue weighted by molar-refractivity contribution is -0.140. The number of rotatable bonds is 6. The molecule has 0 aliphatic carbocycles. The minimum Gasteiger partial charge on any atom is -0.480 e. The van der Waals surface area contributed by atoms with E-state index in [2.05, 4.69) is 15.6 Å². The summed E-state index contributed by atoms with van der Waals surface area (Å²) in [6.07, 6.45) is 0.278. The lowest BCUT2D eigenvalue weighted by Gasteiger charge is -2.14. The molecule has 4 aromatic rings. The van der Waals surface area contributed by atoms with E-state index in [0.29, 0.717) is 27.5 Å². The smallest absolute Gasteiger partial charge is 0.326 e. The van der Waals surface area contributed by atoms with Crippen LogP contribution in [-0.2, 0) is 4.79 Å². The van der Waals surface area contributed by atoms with Crippen LogP contribution >= 0.6 is 22.9 Å². The first kappa shape index (κ1) is 25.2. The fourth-order valence-corrected chi connectivity index (χ4v) is 4.91. The maximum atomic E-state index is 12.8. The van der Waals surface area contributed by atoms with Crippen LogP contribution in [0.15, 0.2) is 71.7 Å². The van der Waals surface area contributed by atoms with Gasteiger partial charge >= 0.3 is 12.0 Å². The molecule has 0 radical (unpaired) electrons. The highest BCUT2D eigenvalue weighted by Crippen LogP contribution is 2.26. The molecular formula is C26H23ClN4O4S. The predicted molar refractivity (Wildman–Crippen MR) is 142 cm³/mol. The summed E-state index contributed by atoms with van der Waals surface area (Å²) in [6.45, 7) is 3.67. The molecule has 1 aromatic heterocycles. The molecule has 1 atom stereocenters. The molecule has 1 unspecified atom stereocenters. The zero-order chi connectivity index (χ0) is 25.8. The van der Waals surface area contributed by atoms with E-state index in [1.807, 2.05) is 19.1 Å². The lowest BCUT2D eigenvalue weighted by atomic mass is 10.1. The molecule has 36 heavy (non-hydrogen) atoms. The maximum Gasteiger partial charge on any atom is 0.326 e. The third-order valence-electron chi connectivity index (χ3n) is 5.45. The van der Waals surface area contributed by atoms with Gasteiger partial charge in [0.2, 0.25) is 0 Å². The summed E-state index contributed by atoms with van der Waals surface area (Å²) in [4.78, 5) is 42.0. The molecular weight excluding hydrogens is 500 g/mol. The Kier molecular flexibility index (Phi) is 7.52. The van der Waals surface area contributed by atoms with Crippen LogP contribution in [0.5, 0.6) is 0 Å². The molecule has 1 heterocycles. The van der Waals surface area contributed by atoms with Gasteiger partial charge in [0, 0.05) is 22.0 Å². The average molecular weight is 523 g/mol. The topological polar surface area (TPSA) is 113 Å². The number of halogens is 1. The van der Waals surface area contributed by atoms with Gasteiger partial charge in [-0.05, 0) is 61.9 Å². The minimum absolute atomic E-state index is 0.269. The first-order valence-electron chi connectivity index (χ1n) is 11.1. The normalized spacial score (nSPS) is 12.4. The molecule has 0 saturated heterocycles. The summed E-state index contributed by atoms with van der Waals surface area (Å²) in [5, 5.41) is 15.8. The number of carbonyl (C=O) groups is 3. The standard InChI is InChI=1S/C26H23ClN4O4S/c1-3-20(24(33)34)31-21-14-19(29-25(35)28-18-6-4-5-17(27)13-18)11-12-22(21)36-26(31)30-23(32)16-9-7-15(2)8-10-16/h4-14,20H,3H2,1-2H3,(H,33,34)(H2,28,29,35)/b30-26-. The number of hydrogen-bond donors (Lipinski definition) is 3. The Balaban J connectivity index is 1.73. The van der Waals surface area contributed by atoms with Crippen LogP contribution in [-0.4, -0.2) is 27.6 Å². The second-order valence-electron chi connectivity index (χ2n) is 8.07. The van der Waals surface area contributed by atoms with Gasteiger partial charge in [0.1, 0.15) is 6.04 Å². The number of aryl methyl sites for hydroxylation is 1. The molecule has 0 aliphatic heterocycles. The van der Waals surface area contributed by atoms with Gasteiger partial charge in [0.15, 0.2) is 4.80 Å². The first-order chi connectivity index (χ1) is 17.2. The molecule has 3 aromatic carbocycles. The Morgan fingerprint density at radius 2 is 1.72 bits per heavy atom. The van der Waals surface area contributed by atoms with Crippen molar-refractivity contribution < 1.29 is 19.5 Å². The monoisotopic (exact) mass is 522 g/mol. The number of fused-ring (bicyclic) bond motifs is 1. The van der Waals surface area contributed by atoms with Gasteiger partial charge in [-0.3, -0.25) is 4.79 Å². The van der Waals surface area contributed by atoms with Crippen LogP contribution in [0.25, 0.3) is 10.2 Å². The van der Waals surface area contributed by atoms with Crippen LogP contribution in [0, 0.1) is 6.92 Å². The largest absolute Gasteiger partial charge is 0.480 e. The fourth-order valence-electron chi connectivity index (χ4n) is 3.67. The molecule has 4 rings (SSSR count). The van der Waals surface area contributed by atoms with Crippen molar-refractivity contribution in [2.75, 3.05) is 10.6 Å². The van der Waals surface area contributed by atoms with Crippen molar-refractivity contribution in [3.63, 3.8) is 0 Å². The molecule has 184 valence electrons. The van der Waals surface area contributed by atoms with Crippen LogP contribution in [0.1, 0.15) is 35.3 Å². The molecule has 0 bridgehead atoms. The van der Waals surface area contributed by atoms with Gasteiger partial charge in [-0.1, -0.05) is 53.6 Å². The highest BCUT2D eigenvalue weighted by molar-refractivity contribution is 7.16. The Labute approximate surface area is 215 Å². The number of carboxylic acids is 1. The number of carboxylic acid groups (broad SMARTS) is 1. The van der Waals surface area contributed by atoms with Crippen molar-refractivity contribution in [3.8, 4) is 0 Å². The highest BCUT2D eigenvalue weighted by atomic mass is 35.5. The number of amides is 3. The number of aromatic nitrogens is 1. The third-order valence-corrected chi connectivity index (χ3v) is 6.72. The van der Waals surface area contributed by atoms with Crippen LogP contribution in [0.2, 0.25) is 5.02 Å². The number of nitrogens with zero attached hydrogens (tertiary/aromatic N) is 2. The Morgan fingerprint density at radius 3 is 2.36 bits per heavy atom. The number of nitrogens with one attached hydrogen (secondary N) is 2. The zero-order valence-corrected chi connectivity index (χ0v) is 21.1. The minimum atomic E-state index is -1.04. The molecule has 0 aliphatic rings. The Bertz CT molecular complexity index is 1530. The van der Waals surface area contributed by atoms with Crippen LogP contribution in [0.4, 0.5) is 16.2 Å². The number of benzene rings is 3. The van der Waals surface area contributed by atoms with E-state index in [1.165, 1.54) is 15.9 Å². The van der Waals surface area contributed by atoms with Gasteiger partial charge in [-0.2, -0.15) is 4.99 Å². The molecule has 3 amide bonds. The van der Waals surface area contributed by atoms with E-state index in [9.17, 15) is 19.5 Å². The zero-order valence-electron chi connectivity index (χ0n) is 19.5. The van der Waals surface area contributed by atoms with E-state index in [-0.39, 0.29) is 11.2 Å². The van der Waals surface area contributed by atoms with Crippen molar-refractivity contribution >= 4 is 62.4 Å². The van der Waals surface area contributed by atoms with Crippen molar-refractivity contribution in [3.05, 3.63) is 87.7 Å². The Morgan fingerprint density at radius 1 is 1.03 bits per heavy atom. The molecule has 0 spiro atoms. The molecule has 0 saturated carbocycles. The summed E-state index contributed by atoms with van der Waals surface area (Å²) in [5.41, 5.74) is 2.95. The number of carbonyl (C=O) groups excluding carboxylic acids is 2. The van der Waals surface area contributed by atoms with Crippen LogP contribution < -0.4 is 15.4 Å². The van der Waals surface area contributed by atoms with E-state index in [1.54, 1.807) is 61.5 Å². The Hall–Kier alpha value is -3.95. The van der Waals surface area contributed by atoms with E-state index < -0.39 is 23.9 Å². The van der Waals surface area contributed by atoms with Crippen molar-refractivity contribution in [1.82, 2.24) is 4.57 Å². The number of hydrogen-bond acceptors (Lipinski definition) is 4. The quantitative estimate of drug-likeness (QED) is 0.284. The van der Waals surface area contributed by atoms with Gasteiger partial charge in [-0.15, -0.1) is 0 Å². The molecule has 10 heteroatoms. The van der Waals surface area contributed by atoms with E-state index in [4.69, 9.17) is 11.6 Å². The second-order valence-corrected chi connectivity index (χ2v) is 9.52. The lowest BCUT2D eigenvalue weighted by Crippen LogP contribution is -2.27. The molecule has 0 fully saturated rings. The number of aliphatic carboxylic acids is 1. The predicted octanol–water partition coefficient (Wildman–Crippen LogP) is 6.09. The summed E-state index contributed by atoms with van der Waals surface area (Å²) in [6, 6.07) is 17.5. The molecule has 3 N–H and O–H groups in total. The fraction of sp³-hybridized carbons (Fsp3) is 0.154. The average Bonchev–Trinajstić information content (AvgIpc) is 3.16. The summed E-state index contributed by atoms with van der Waals surface area (Å²) >= 11 is 7.18. The summed E-state index contributed by atoms with van der Waals surface area (Å²) < 4.78 is 2.26. The van der Waals surface area contributed by atoms with E-state index in [0.717, 1.165) is 10.3 Å². The van der Waals surface area contributed by atoms with E-state index >= 15 is 0 Å². The summed E-state index contributed by atoms with van der Waals surface area (Å²) in [7, 11) is 0. The first-order valence-corrected chi connectivity index (χ1v) is 12.3. The SMILES string of the molecule is CCC(C(=O)O)n1/c(=N/C(=O)c2ccc(C)cc2)sc2ccc(NC(=O)Nc3cccc(Cl)c3)cc21. The van der Waals surface area contributed by atoms with Gasteiger partial charge in [0.05, 0.1) is 10.2 Å². The van der Waals surface area contributed by atoms with Crippen LogP contribution in [0.3, 0.4) is 0 Å².